The number of benzene rings is 1. The Hall–Kier alpha value is -2.09. The van der Waals surface area contributed by atoms with Crippen molar-refractivity contribution in [2.45, 2.75) is 25.4 Å². The number of methoxy groups -OCH3 is 1. The van der Waals surface area contributed by atoms with Crippen molar-refractivity contribution in [3.05, 3.63) is 52.2 Å². The van der Waals surface area contributed by atoms with E-state index in [-0.39, 0.29) is 18.1 Å². The van der Waals surface area contributed by atoms with E-state index in [1.54, 1.807) is 18.4 Å². The fourth-order valence-corrected chi connectivity index (χ4v) is 4.31. The van der Waals surface area contributed by atoms with Crippen molar-refractivity contribution < 1.29 is 14.3 Å². The number of amides is 2. The summed E-state index contributed by atoms with van der Waals surface area (Å²) in [5, 5.41) is 8.18. The zero-order valence-electron chi connectivity index (χ0n) is 16.5. The van der Waals surface area contributed by atoms with E-state index in [2.05, 4.69) is 33.0 Å². The summed E-state index contributed by atoms with van der Waals surface area (Å²) in [7, 11) is 1.66. The lowest BCUT2D eigenvalue weighted by molar-refractivity contribution is 0.0174. The van der Waals surface area contributed by atoms with Crippen LogP contribution >= 0.6 is 11.3 Å². The number of nitrogens with zero attached hydrogens (tertiary/aromatic N) is 1. The average molecular weight is 404 g/mol. The van der Waals surface area contributed by atoms with Crippen LogP contribution in [0.3, 0.4) is 0 Å². The molecule has 1 aliphatic rings. The van der Waals surface area contributed by atoms with Gasteiger partial charge in [-0.15, -0.1) is 11.3 Å². The number of morpholine rings is 1. The first-order valence-electron chi connectivity index (χ1n) is 9.68. The Morgan fingerprint density at radius 2 is 2.11 bits per heavy atom. The summed E-state index contributed by atoms with van der Waals surface area (Å²) in [6.45, 7) is 5.85. The maximum atomic E-state index is 12.4. The van der Waals surface area contributed by atoms with Gasteiger partial charge in [0.2, 0.25) is 0 Å². The molecule has 2 atom stereocenters. The second kappa shape index (κ2) is 10.5. The number of carbonyl (C=O) groups is 1. The Labute approximate surface area is 170 Å². The van der Waals surface area contributed by atoms with Gasteiger partial charge in [0.1, 0.15) is 5.75 Å². The molecule has 2 unspecified atom stereocenters. The van der Waals surface area contributed by atoms with Crippen molar-refractivity contribution >= 4 is 17.4 Å². The van der Waals surface area contributed by atoms with Gasteiger partial charge in [0.25, 0.3) is 0 Å². The Morgan fingerprint density at radius 3 is 2.82 bits per heavy atom. The number of ether oxygens (including phenoxy) is 2. The summed E-state index contributed by atoms with van der Waals surface area (Å²) < 4.78 is 10.7. The van der Waals surface area contributed by atoms with Crippen molar-refractivity contribution in [2.75, 3.05) is 40.0 Å². The standard InChI is InChI=1S/C21H29N3O3S/c1-16(13-17-5-3-6-18(14-17)26-2)23-21(25)22-15-19(20-7-4-12-28-20)24-8-10-27-11-9-24/h3-7,12,14,16,19H,8-11,13,15H2,1-2H3,(H2,22,23,25). The second-order valence-corrected chi connectivity index (χ2v) is 7.97. The predicted octanol–water partition coefficient (Wildman–Crippen LogP) is 3.06. The molecule has 2 heterocycles. The van der Waals surface area contributed by atoms with Crippen molar-refractivity contribution in [1.29, 1.82) is 0 Å². The largest absolute Gasteiger partial charge is 0.497 e. The Morgan fingerprint density at radius 1 is 1.29 bits per heavy atom. The fraction of sp³-hybridized carbons (Fsp3) is 0.476. The summed E-state index contributed by atoms with van der Waals surface area (Å²) in [5.74, 6) is 0.832. The van der Waals surface area contributed by atoms with Gasteiger partial charge < -0.3 is 20.1 Å². The molecule has 0 aliphatic carbocycles. The lowest BCUT2D eigenvalue weighted by Crippen LogP contribution is -2.47. The first kappa shape index (κ1) is 20.6. The molecular weight excluding hydrogens is 374 g/mol. The highest BCUT2D eigenvalue weighted by atomic mass is 32.1. The third kappa shape index (κ3) is 5.95. The third-order valence-electron chi connectivity index (χ3n) is 4.87. The van der Waals surface area contributed by atoms with Gasteiger partial charge in [0, 0.05) is 30.6 Å². The number of hydrogen-bond donors (Lipinski definition) is 2. The molecule has 7 heteroatoms. The van der Waals surface area contributed by atoms with Gasteiger partial charge in [0.05, 0.1) is 26.4 Å². The second-order valence-electron chi connectivity index (χ2n) is 6.99. The van der Waals surface area contributed by atoms with Gasteiger partial charge in [-0.25, -0.2) is 4.79 Å². The molecular formula is C21H29N3O3S. The first-order valence-corrected chi connectivity index (χ1v) is 10.6. The van der Waals surface area contributed by atoms with E-state index < -0.39 is 0 Å². The van der Waals surface area contributed by atoms with Gasteiger partial charge >= 0.3 is 6.03 Å². The van der Waals surface area contributed by atoms with E-state index in [1.165, 1.54) is 4.88 Å². The molecule has 0 saturated carbocycles. The average Bonchev–Trinajstić information content (AvgIpc) is 3.23. The number of rotatable bonds is 8. The summed E-state index contributed by atoms with van der Waals surface area (Å²) in [4.78, 5) is 16.1. The zero-order valence-corrected chi connectivity index (χ0v) is 17.3. The number of nitrogens with one attached hydrogen (secondary N) is 2. The van der Waals surface area contributed by atoms with Crippen LogP contribution in [0.15, 0.2) is 41.8 Å². The van der Waals surface area contributed by atoms with Gasteiger partial charge in [-0.05, 0) is 42.5 Å². The molecule has 1 saturated heterocycles. The molecule has 152 valence electrons. The number of urea groups is 1. The molecule has 2 N–H and O–H groups in total. The molecule has 0 bridgehead atoms. The summed E-state index contributed by atoms with van der Waals surface area (Å²) in [6, 6.07) is 12.2. The van der Waals surface area contributed by atoms with Crippen LogP contribution in [0.1, 0.15) is 23.4 Å². The maximum Gasteiger partial charge on any atom is 0.315 e. The van der Waals surface area contributed by atoms with E-state index in [9.17, 15) is 4.79 Å². The maximum absolute atomic E-state index is 12.4. The molecule has 6 nitrogen and oxygen atoms in total. The Kier molecular flexibility index (Phi) is 7.71. The minimum absolute atomic E-state index is 0.0238. The van der Waals surface area contributed by atoms with Gasteiger partial charge in [-0.1, -0.05) is 18.2 Å². The van der Waals surface area contributed by atoms with Gasteiger partial charge in [-0.2, -0.15) is 0 Å². The van der Waals surface area contributed by atoms with Crippen LogP contribution in [-0.2, 0) is 11.2 Å². The highest BCUT2D eigenvalue weighted by Crippen LogP contribution is 2.25. The number of hydrogen-bond acceptors (Lipinski definition) is 5. The van der Waals surface area contributed by atoms with Crippen LogP contribution < -0.4 is 15.4 Å². The molecule has 0 spiro atoms. The highest BCUT2D eigenvalue weighted by Gasteiger charge is 2.24. The quantitative estimate of drug-likeness (QED) is 0.711. The van der Waals surface area contributed by atoms with Crippen LogP contribution in [0.25, 0.3) is 0 Å². The van der Waals surface area contributed by atoms with E-state index in [1.807, 2.05) is 31.2 Å². The van der Waals surface area contributed by atoms with Crippen LogP contribution in [0.5, 0.6) is 5.75 Å². The molecule has 0 radical (unpaired) electrons. The lowest BCUT2D eigenvalue weighted by Gasteiger charge is -2.34. The van der Waals surface area contributed by atoms with Gasteiger partial charge in [0.15, 0.2) is 0 Å². The molecule has 2 aromatic rings. The van der Waals surface area contributed by atoms with Crippen molar-refractivity contribution in [3.63, 3.8) is 0 Å². The Balaban J connectivity index is 1.51. The van der Waals surface area contributed by atoms with Crippen LogP contribution in [0.2, 0.25) is 0 Å². The van der Waals surface area contributed by atoms with Crippen LogP contribution in [0.4, 0.5) is 4.79 Å². The van der Waals surface area contributed by atoms with Crippen molar-refractivity contribution in [2.24, 2.45) is 0 Å². The topological polar surface area (TPSA) is 62.8 Å². The summed E-state index contributed by atoms with van der Waals surface area (Å²) in [5.41, 5.74) is 1.14. The molecule has 1 fully saturated rings. The van der Waals surface area contributed by atoms with E-state index >= 15 is 0 Å². The molecule has 1 aromatic heterocycles. The minimum atomic E-state index is -0.134. The normalized spacial score (nSPS) is 16.9. The van der Waals surface area contributed by atoms with Crippen molar-refractivity contribution in [3.8, 4) is 5.75 Å². The smallest absolute Gasteiger partial charge is 0.315 e. The van der Waals surface area contributed by atoms with Crippen LogP contribution in [-0.4, -0.2) is 56.9 Å². The number of carbonyl (C=O) groups excluding carboxylic acids is 1. The first-order chi connectivity index (χ1) is 13.7. The molecule has 3 rings (SSSR count). The SMILES string of the molecule is COc1cccc(CC(C)NC(=O)NCC(c2cccs2)N2CCOCC2)c1. The lowest BCUT2D eigenvalue weighted by atomic mass is 10.1. The molecule has 28 heavy (non-hydrogen) atoms. The Bertz CT molecular complexity index is 732. The third-order valence-corrected chi connectivity index (χ3v) is 5.84. The predicted molar refractivity (Wildman–Crippen MR) is 112 cm³/mol. The molecule has 1 aliphatic heterocycles. The van der Waals surface area contributed by atoms with E-state index in [4.69, 9.17) is 9.47 Å². The molecule has 1 aromatic carbocycles. The van der Waals surface area contributed by atoms with Crippen molar-refractivity contribution in [1.82, 2.24) is 15.5 Å². The zero-order chi connectivity index (χ0) is 19.8. The summed E-state index contributed by atoms with van der Waals surface area (Å²) >= 11 is 1.73. The molecule has 2 amide bonds. The minimum Gasteiger partial charge on any atom is -0.497 e. The number of thiophene rings is 1. The van der Waals surface area contributed by atoms with E-state index in [0.29, 0.717) is 6.54 Å². The van der Waals surface area contributed by atoms with E-state index in [0.717, 1.165) is 44.0 Å². The monoisotopic (exact) mass is 403 g/mol. The highest BCUT2D eigenvalue weighted by molar-refractivity contribution is 7.10. The summed E-state index contributed by atoms with van der Waals surface area (Å²) in [6.07, 6.45) is 0.752. The van der Waals surface area contributed by atoms with Crippen LogP contribution in [0, 0.1) is 0 Å². The fourth-order valence-electron chi connectivity index (χ4n) is 3.45. The van der Waals surface area contributed by atoms with Gasteiger partial charge in [-0.3, -0.25) is 4.90 Å².